The molecule has 2 aromatic rings. The lowest BCUT2D eigenvalue weighted by Crippen LogP contribution is -2.39. The van der Waals surface area contributed by atoms with Crippen molar-refractivity contribution in [1.29, 1.82) is 0 Å². The molecule has 4 heterocycles. The lowest BCUT2D eigenvalue weighted by molar-refractivity contribution is 0.145. The summed E-state index contributed by atoms with van der Waals surface area (Å²) in [5.41, 5.74) is 3.51. The van der Waals surface area contributed by atoms with E-state index in [1.165, 1.54) is 5.56 Å². The van der Waals surface area contributed by atoms with Crippen LogP contribution in [0.1, 0.15) is 35.6 Å². The number of rotatable bonds is 4. The van der Waals surface area contributed by atoms with Gasteiger partial charge in [0.25, 0.3) is 0 Å². The van der Waals surface area contributed by atoms with Gasteiger partial charge in [-0.3, -0.25) is 4.90 Å². The van der Waals surface area contributed by atoms with Gasteiger partial charge in [0, 0.05) is 72.0 Å². The number of aryl methyl sites for hydroxylation is 2. The third kappa shape index (κ3) is 3.84. The van der Waals surface area contributed by atoms with Gasteiger partial charge in [0.15, 0.2) is 0 Å². The van der Waals surface area contributed by atoms with Crippen molar-refractivity contribution in [2.75, 3.05) is 43.5 Å². The summed E-state index contributed by atoms with van der Waals surface area (Å²) < 4.78 is 2.07. The van der Waals surface area contributed by atoms with Gasteiger partial charge in [-0.05, 0) is 19.8 Å². The number of hydrogen-bond donors (Lipinski definition) is 1. The lowest BCUT2D eigenvalue weighted by atomic mass is 10.0. The molecule has 8 heteroatoms. The zero-order valence-corrected chi connectivity index (χ0v) is 17.4. The SMILES string of the molecule is Cc1nc(CN2CCc3nc(N(C)C)nc(N4CCC(O)CC4)c3C2)cn1C. The van der Waals surface area contributed by atoms with Gasteiger partial charge in [-0.2, -0.15) is 4.98 Å². The fourth-order valence-corrected chi connectivity index (χ4v) is 4.05. The molecule has 0 amide bonds. The Kier molecular flexibility index (Phi) is 5.25. The monoisotopic (exact) mass is 385 g/mol. The zero-order chi connectivity index (χ0) is 19.8. The van der Waals surface area contributed by atoms with E-state index in [4.69, 9.17) is 9.97 Å². The summed E-state index contributed by atoms with van der Waals surface area (Å²) in [6.07, 6.45) is 4.45. The lowest BCUT2D eigenvalue weighted by Gasteiger charge is -2.36. The molecule has 0 unspecified atom stereocenters. The highest BCUT2D eigenvalue weighted by Gasteiger charge is 2.28. The van der Waals surface area contributed by atoms with Crippen molar-refractivity contribution < 1.29 is 5.11 Å². The van der Waals surface area contributed by atoms with Crippen LogP contribution in [0.5, 0.6) is 0 Å². The van der Waals surface area contributed by atoms with Crippen LogP contribution in [0.3, 0.4) is 0 Å². The maximum atomic E-state index is 9.90. The highest BCUT2D eigenvalue weighted by molar-refractivity contribution is 5.54. The summed E-state index contributed by atoms with van der Waals surface area (Å²) in [7, 11) is 6.02. The Morgan fingerprint density at radius 2 is 1.89 bits per heavy atom. The van der Waals surface area contributed by atoms with E-state index in [9.17, 15) is 5.11 Å². The molecule has 1 fully saturated rings. The minimum Gasteiger partial charge on any atom is -0.393 e. The first-order valence-corrected chi connectivity index (χ1v) is 10.1. The number of piperidine rings is 1. The normalized spacial score (nSPS) is 18.4. The van der Waals surface area contributed by atoms with E-state index in [0.29, 0.717) is 0 Å². The average Bonchev–Trinajstić information content (AvgIpc) is 2.98. The summed E-state index contributed by atoms with van der Waals surface area (Å²) in [6.45, 7) is 6.38. The summed E-state index contributed by atoms with van der Waals surface area (Å²) in [5, 5.41) is 9.90. The van der Waals surface area contributed by atoms with E-state index in [2.05, 4.69) is 25.5 Å². The summed E-state index contributed by atoms with van der Waals surface area (Å²) in [6, 6.07) is 0. The molecule has 0 bridgehead atoms. The van der Waals surface area contributed by atoms with Gasteiger partial charge < -0.3 is 19.5 Å². The van der Waals surface area contributed by atoms with Crippen molar-refractivity contribution in [3.05, 3.63) is 29.0 Å². The van der Waals surface area contributed by atoms with Crippen molar-refractivity contribution in [2.45, 2.75) is 45.4 Å². The minimum atomic E-state index is -0.189. The van der Waals surface area contributed by atoms with Crippen molar-refractivity contribution >= 4 is 11.8 Å². The van der Waals surface area contributed by atoms with Gasteiger partial charge >= 0.3 is 0 Å². The Morgan fingerprint density at radius 3 is 2.54 bits per heavy atom. The maximum Gasteiger partial charge on any atom is 0.227 e. The Hall–Kier alpha value is -2.19. The second-order valence-electron chi connectivity index (χ2n) is 8.24. The van der Waals surface area contributed by atoms with Crippen LogP contribution in [-0.2, 0) is 26.6 Å². The van der Waals surface area contributed by atoms with Crippen LogP contribution < -0.4 is 9.80 Å². The number of aliphatic hydroxyl groups excluding tert-OH is 1. The first-order valence-electron chi connectivity index (χ1n) is 10.1. The fraction of sp³-hybridized carbons (Fsp3) is 0.650. The Morgan fingerprint density at radius 1 is 1.14 bits per heavy atom. The van der Waals surface area contributed by atoms with Crippen LogP contribution in [-0.4, -0.2) is 69.4 Å². The molecule has 28 heavy (non-hydrogen) atoms. The predicted molar refractivity (Wildman–Crippen MR) is 110 cm³/mol. The third-order valence-corrected chi connectivity index (χ3v) is 5.81. The average molecular weight is 386 g/mol. The number of nitrogens with zero attached hydrogens (tertiary/aromatic N) is 7. The first-order chi connectivity index (χ1) is 13.4. The minimum absolute atomic E-state index is 0.189. The molecule has 2 aliphatic rings. The molecule has 4 rings (SSSR count). The second-order valence-corrected chi connectivity index (χ2v) is 8.24. The summed E-state index contributed by atoms with van der Waals surface area (Å²) >= 11 is 0. The van der Waals surface area contributed by atoms with Gasteiger partial charge in [-0.15, -0.1) is 0 Å². The fourth-order valence-electron chi connectivity index (χ4n) is 4.05. The van der Waals surface area contributed by atoms with E-state index in [1.807, 2.05) is 33.0 Å². The molecule has 0 saturated carbocycles. The highest BCUT2D eigenvalue weighted by Crippen LogP contribution is 2.31. The summed E-state index contributed by atoms with van der Waals surface area (Å²) in [4.78, 5) is 21.1. The Balaban J connectivity index is 1.61. The zero-order valence-electron chi connectivity index (χ0n) is 17.4. The molecule has 0 spiro atoms. The maximum absolute atomic E-state index is 9.90. The molecule has 0 atom stereocenters. The molecule has 8 nitrogen and oxygen atoms in total. The largest absolute Gasteiger partial charge is 0.393 e. The van der Waals surface area contributed by atoms with Crippen LogP contribution in [0.15, 0.2) is 6.20 Å². The number of aromatic nitrogens is 4. The van der Waals surface area contributed by atoms with Crippen LogP contribution in [0, 0.1) is 6.92 Å². The molecule has 1 saturated heterocycles. The molecule has 2 aromatic heterocycles. The standard InChI is InChI=1S/C20H31N7O/c1-14-21-15(11-25(14)4)12-26-8-7-18-17(13-26)19(23-20(22-18)24(2)3)27-9-5-16(28)6-10-27/h11,16,28H,5-10,12-13H2,1-4H3. The van der Waals surface area contributed by atoms with Crippen molar-refractivity contribution in [3.63, 3.8) is 0 Å². The number of imidazole rings is 1. The quantitative estimate of drug-likeness (QED) is 0.845. The molecular formula is C20H31N7O. The topological polar surface area (TPSA) is 73.6 Å². The Labute approximate surface area is 166 Å². The van der Waals surface area contributed by atoms with Crippen molar-refractivity contribution in [1.82, 2.24) is 24.4 Å². The van der Waals surface area contributed by atoms with Crippen LogP contribution >= 0.6 is 0 Å². The first kappa shape index (κ1) is 19.1. The number of aliphatic hydroxyl groups is 1. The number of anilines is 2. The predicted octanol–water partition coefficient (Wildman–Crippen LogP) is 1.10. The highest BCUT2D eigenvalue weighted by atomic mass is 16.3. The van der Waals surface area contributed by atoms with Gasteiger partial charge in [0.05, 0.1) is 17.5 Å². The van der Waals surface area contributed by atoms with Crippen molar-refractivity contribution in [3.8, 4) is 0 Å². The van der Waals surface area contributed by atoms with Crippen molar-refractivity contribution in [2.24, 2.45) is 7.05 Å². The van der Waals surface area contributed by atoms with E-state index in [-0.39, 0.29) is 6.10 Å². The smallest absolute Gasteiger partial charge is 0.227 e. The molecule has 0 aromatic carbocycles. The molecule has 0 radical (unpaired) electrons. The third-order valence-electron chi connectivity index (χ3n) is 5.81. The van der Waals surface area contributed by atoms with E-state index in [0.717, 1.165) is 81.0 Å². The van der Waals surface area contributed by atoms with Crippen LogP contribution in [0.25, 0.3) is 0 Å². The number of fused-ring (bicyclic) bond motifs is 1. The van der Waals surface area contributed by atoms with E-state index < -0.39 is 0 Å². The van der Waals surface area contributed by atoms with E-state index >= 15 is 0 Å². The molecule has 152 valence electrons. The van der Waals surface area contributed by atoms with Gasteiger partial charge in [-0.25, -0.2) is 9.97 Å². The summed E-state index contributed by atoms with van der Waals surface area (Å²) in [5.74, 6) is 2.86. The number of hydrogen-bond acceptors (Lipinski definition) is 7. The van der Waals surface area contributed by atoms with Gasteiger partial charge in [-0.1, -0.05) is 0 Å². The molecule has 2 aliphatic heterocycles. The molecular weight excluding hydrogens is 354 g/mol. The molecule has 0 aliphatic carbocycles. The van der Waals surface area contributed by atoms with E-state index in [1.54, 1.807) is 0 Å². The Bertz CT molecular complexity index is 820. The van der Waals surface area contributed by atoms with Crippen LogP contribution in [0.2, 0.25) is 0 Å². The van der Waals surface area contributed by atoms with Gasteiger partial charge in [0.2, 0.25) is 5.95 Å². The second kappa shape index (κ2) is 7.67. The van der Waals surface area contributed by atoms with Gasteiger partial charge in [0.1, 0.15) is 11.6 Å². The van der Waals surface area contributed by atoms with Crippen LogP contribution in [0.4, 0.5) is 11.8 Å². The molecule has 1 N–H and O–H groups in total.